The zero-order valence-corrected chi connectivity index (χ0v) is 32.7. The van der Waals surface area contributed by atoms with Crippen molar-refractivity contribution in [1.82, 2.24) is 0 Å². The molecule has 0 spiro atoms. The molecular formula is C57H45N. The first kappa shape index (κ1) is 35.5. The molecule has 58 heavy (non-hydrogen) atoms. The maximum Gasteiger partial charge on any atom is 0.0458 e. The van der Waals surface area contributed by atoms with Gasteiger partial charge in [-0.3, -0.25) is 0 Å². The van der Waals surface area contributed by atoms with Gasteiger partial charge in [-0.25, -0.2) is 0 Å². The van der Waals surface area contributed by atoms with Crippen LogP contribution in [0.5, 0.6) is 0 Å². The van der Waals surface area contributed by atoms with E-state index in [0.717, 1.165) is 43.5 Å². The molecule has 0 amide bonds. The number of allylic oxidation sites excluding steroid dienone is 8. The number of fused-ring (bicyclic) bond motifs is 2. The summed E-state index contributed by atoms with van der Waals surface area (Å²) in [5.74, 6) is 0. The Morgan fingerprint density at radius 1 is 0.397 bits per heavy atom. The van der Waals surface area contributed by atoms with E-state index in [1.807, 2.05) is 0 Å². The Morgan fingerprint density at radius 3 is 1.64 bits per heavy atom. The smallest absolute Gasteiger partial charge is 0.0458 e. The fourth-order valence-electron chi connectivity index (χ4n) is 9.05. The van der Waals surface area contributed by atoms with Crippen molar-refractivity contribution >= 4 is 49.6 Å². The van der Waals surface area contributed by atoms with Gasteiger partial charge in [0.05, 0.1) is 0 Å². The van der Waals surface area contributed by atoms with Gasteiger partial charge in [0.15, 0.2) is 0 Å². The Kier molecular flexibility index (Phi) is 9.71. The van der Waals surface area contributed by atoms with Gasteiger partial charge in [0, 0.05) is 17.1 Å². The van der Waals surface area contributed by atoms with Gasteiger partial charge in [-0.05, 0) is 140 Å². The number of anilines is 2. The van der Waals surface area contributed by atoms with Crippen molar-refractivity contribution in [3.05, 3.63) is 235 Å². The zero-order valence-electron chi connectivity index (χ0n) is 32.7. The van der Waals surface area contributed by atoms with Gasteiger partial charge in [-0.2, -0.15) is 0 Å². The molecule has 1 nitrogen and oxygen atoms in total. The van der Waals surface area contributed by atoms with Crippen LogP contribution < -0.4 is 4.90 Å². The minimum Gasteiger partial charge on any atom is -0.314 e. The van der Waals surface area contributed by atoms with Crippen LogP contribution in [0.15, 0.2) is 218 Å². The normalized spacial score (nSPS) is 14.3. The molecule has 0 saturated carbocycles. The van der Waals surface area contributed by atoms with Crippen LogP contribution in [-0.4, -0.2) is 0 Å². The van der Waals surface area contributed by atoms with Crippen molar-refractivity contribution in [1.29, 1.82) is 0 Å². The van der Waals surface area contributed by atoms with Crippen molar-refractivity contribution in [3.63, 3.8) is 0 Å². The summed E-state index contributed by atoms with van der Waals surface area (Å²) in [4.78, 5) is 2.50. The third-order valence-electron chi connectivity index (χ3n) is 11.9. The Balaban J connectivity index is 1.10. The molecule has 8 aromatic carbocycles. The second-order valence-electron chi connectivity index (χ2n) is 15.4. The highest BCUT2D eigenvalue weighted by Crippen LogP contribution is 2.42. The Labute approximate surface area is 342 Å². The molecule has 0 radical (unpaired) electrons. The maximum atomic E-state index is 2.50. The van der Waals surface area contributed by atoms with Crippen LogP contribution >= 0.6 is 0 Å². The second-order valence-corrected chi connectivity index (χ2v) is 15.4. The molecule has 2 aliphatic carbocycles. The molecule has 2 aliphatic rings. The van der Waals surface area contributed by atoms with E-state index in [-0.39, 0.29) is 0 Å². The second kappa shape index (κ2) is 15.9. The highest BCUT2D eigenvalue weighted by atomic mass is 15.1. The largest absolute Gasteiger partial charge is 0.314 e. The lowest BCUT2D eigenvalue weighted by molar-refractivity contribution is 0.830. The SMILES string of the molecule is C1=CC(c2ccc(-c3ccc(N(C4=CC(c5ccccc5)=C(c5ccccc5)CCC4)c4ccc(-c5cccc6ccccc56)cc4)cc3)c3ccccc23)=CCC1. The molecule has 0 atom stereocenters. The molecule has 0 aromatic heterocycles. The third kappa shape index (κ3) is 6.90. The van der Waals surface area contributed by atoms with E-state index in [9.17, 15) is 0 Å². The van der Waals surface area contributed by atoms with Crippen LogP contribution in [0, 0.1) is 0 Å². The highest BCUT2D eigenvalue weighted by molar-refractivity contribution is 6.04. The van der Waals surface area contributed by atoms with Gasteiger partial charge in [0.25, 0.3) is 0 Å². The Morgan fingerprint density at radius 2 is 0.966 bits per heavy atom. The average Bonchev–Trinajstić information content (AvgIpc) is 3.53. The molecular weight excluding hydrogens is 699 g/mol. The molecule has 278 valence electrons. The van der Waals surface area contributed by atoms with Gasteiger partial charge < -0.3 is 4.90 Å². The average molecular weight is 744 g/mol. The monoisotopic (exact) mass is 743 g/mol. The van der Waals surface area contributed by atoms with Crippen molar-refractivity contribution in [3.8, 4) is 22.3 Å². The number of hydrogen-bond donors (Lipinski definition) is 0. The van der Waals surface area contributed by atoms with Crippen LogP contribution in [0.4, 0.5) is 11.4 Å². The number of hydrogen-bond acceptors (Lipinski definition) is 1. The summed E-state index contributed by atoms with van der Waals surface area (Å²) in [5.41, 5.74) is 16.4. The standard InChI is InChI=1S/C57H45N/c1-4-16-41(17-5-1)52-29-15-24-49(40-57(52)44-20-8-3-9-21-44)58(47-34-30-45(31-35-47)51-28-14-23-43-22-10-11-25-50(43)51)48-36-32-46(33-37-48)54-39-38-53(42-18-6-2-7-19-42)55-26-12-13-27-56(54)55/h1,3-6,8-14,16-23,25-28,30-40H,2,7,15,24,29H2. The Bertz CT molecular complexity index is 2870. The van der Waals surface area contributed by atoms with E-state index in [2.05, 4.69) is 217 Å². The quantitative estimate of drug-likeness (QED) is 0.150. The van der Waals surface area contributed by atoms with E-state index >= 15 is 0 Å². The fourth-order valence-corrected chi connectivity index (χ4v) is 9.05. The molecule has 1 heteroatoms. The predicted octanol–water partition coefficient (Wildman–Crippen LogP) is 15.9. The molecule has 8 aromatic rings. The fraction of sp³-hybridized carbons (Fsp3) is 0.0877. The summed E-state index contributed by atoms with van der Waals surface area (Å²) in [5, 5.41) is 5.11. The lowest BCUT2D eigenvalue weighted by Crippen LogP contribution is -2.16. The molecule has 0 fully saturated rings. The molecule has 0 N–H and O–H groups in total. The lowest BCUT2D eigenvalue weighted by Gasteiger charge is -2.29. The first-order valence-electron chi connectivity index (χ1n) is 20.7. The third-order valence-corrected chi connectivity index (χ3v) is 11.9. The summed E-state index contributed by atoms with van der Waals surface area (Å²) in [7, 11) is 0. The summed E-state index contributed by atoms with van der Waals surface area (Å²) >= 11 is 0. The van der Waals surface area contributed by atoms with E-state index < -0.39 is 0 Å². The number of rotatable bonds is 8. The zero-order chi connectivity index (χ0) is 38.7. The van der Waals surface area contributed by atoms with Crippen molar-refractivity contribution in [2.24, 2.45) is 0 Å². The first-order chi connectivity index (χ1) is 28.8. The molecule has 10 rings (SSSR count). The lowest BCUT2D eigenvalue weighted by atomic mass is 9.90. The van der Waals surface area contributed by atoms with Gasteiger partial charge in [-0.15, -0.1) is 0 Å². The summed E-state index contributed by atoms with van der Waals surface area (Å²) in [6.07, 6.45) is 14.7. The van der Waals surface area contributed by atoms with Gasteiger partial charge in [0.2, 0.25) is 0 Å². The van der Waals surface area contributed by atoms with Crippen LogP contribution in [0.2, 0.25) is 0 Å². The summed E-state index contributed by atoms with van der Waals surface area (Å²) in [6, 6.07) is 69.1. The first-order valence-corrected chi connectivity index (χ1v) is 20.7. The summed E-state index contributed by atoms with van der Waals surface area (Å²) in [6.45, 7) is 0. The highest BCUT2D eigenvalue weighted by Gasteiger charge is 2.22. The van der Waals surface area contributed by atoms with Crippen molar-refractivity contribution < 1.29 is 0 Å². The van der Waals surface area contributed by atoms with Crippen molar-refractivity contribution in [2.75, 3.05) is 4.90 Å². The maximum absolute atomic E-state index is 2.50. The van der Waals surface area contributed by atoms with E-state index in [1.54, 1.807) is 0 Å². The van der Waals surface area contributed by atoms with E-state index in [1.165, 1.54) is 82.9 Å². The summed E-state index contributed by atoms with van der Waals surface area (Å²) < 4.78 is 0. The topological polar surface area (TPSA) is 3.24 Å². The molecule has 0 heterocycles. The van der Waals surface area contributed by atoms with Crippen LogP contribution in [0.3, 0.4) is 0 Å². The number of benzene rings is 8. The minimum atomic E-state index is 0.954. The van der Waals surface area contributed by atoms with E-state index in [0.29, 0.717) is 0 Å². The molecule has 0 unspecified atom stereocenters. The van der Waals surface area contributed by atoms with Crippen LogP contribution in [0.1, 0.15) is 48.8 Å². The van der Waals surface area contributed by atoms with Gasteiger partial charge in [-0.1, -0.05) is 182 Å². The van der Waals surface area contributed by atoms with Crippen LogP contribution in [0.25, 0.3) is 60.5 Å². The van der Waals surface area contributed by atoms with Gasteiger partial charge in [0.1, 0.15) is 0 Å². The predicted molar refractivity (Wildman–Crippen MR) is 249 cm³/mol. The molecule has 0 aliphatic heterocycles. The van der Waals surface area contributed by atoms with Crippen molar-refractivity contribution in [2.45, 2.75) is 32.1 Å². The minimum absolute atomic E-state index is 0.954. The van der Waals surface area contributed by atoms with Gasteiger partial charge >= 0.3 is 0 Å². The Hall–Kier alpha value is -6.96. The van der Waals surface area contributed by atoms with E-state index in [4.69, 9.17) is 0 Å². The molecule has 0 saturated heterocycles. The van der Waals surface area contributed by atoms with Crippen LogP contribution in [-0.2, 0) is 0 Å². The number of nitrogens with zero attached hydrogens (tertiary/aromatic N) is 1. The molecule has 0 bridgehead atoms.